The minimum Gasteiger partial charge on any atom is -0.353 e. The summed E-state index contributed by atoms with van der Waals surface area (Å²) in [5, 5.41) is 7.15. The summed E-state index contributed by atoms with van der Waals surface area (Å²) in [5.41, 5.74) is 7.43. The van der Waals surface area contributed by atoms with Gasteiger partial charge in [-0.3, -0.25) is 9.59 Å². The van der Waals surface area contributed by atoms with Crippen LogP contribution in [0, 0.1) is 0 Å². The van der Waals surface area contributed by atoms with Crippen molar-refractivity contribution in [1.29, 1.82) is 0 Å². The second-order valence-corrected chi connectivity index (χ2v) is 8.70. The Labute approximate surface area is 174 Å². The molecule has 4 rings (SSSR count). The number of thiophene rings is 1. The normalized spacial score (nSPS) is 19.1. The first-order valence-electron chi connectivity index (χ1n) is 10.0. The molecule has 0 unspecified atom stereocenters. The van der Waals surface area contributed by atoms with Gasteiger partial charge in [-0.05, 0) is 54.8 Å². The molecule has 1 heterocycles. The number of nitrogens with one attached hydrogen (secondary N) is 2. The summed E-state index contributed by atoms with van der Waals surface area (Å²) in [6, 6.07) is 17.8. The molecule has 1 saturated carbocycles. The standard InChI is InChI=1S/C23H25N3O2S/c24-17-9-11-18(12-10-17)25-22(27)14-15-5-1-3-7-19(15)26-23(28)21-13-16-6-2-4-8-20(16)29-21/h1-8,13,17-18H,9-12,14,24H2,(H,25,27)(H,26,28). The van der Waals surface area contributed by atoms with Gasteiger partial charge >= 0.3 is 0 Å². The van der Waals surface area contributed by atoms with Gasteiger partial charge in [-0.2, -0.15) is 0 Å². The van der Waals surface area contributed by atoms with Crippen molar-refractivity contribution in [1.82, 2.24) is 5.32 Å². The molecule has 1 fully saturated rings. The number of rotatable bonds is 5. The van der Waals surface area contributed by atoms with Crippen LogP contribution in [-0.4, -0.2) is 23.9 Å². The lowest BCUT2D eigenvalue weighted by molar-refractivity contribution is -0.121. The fraction of sp³-hybridized carbons (Fsp3) is 0.304. The Bertz CT molecular complexity index is 989. The van der Waals surface area contributed by atoms with Crippen LogP contribution in [0.15, 0.2) is 54.6 Å². The summed E-state index contributed by atoms with van der Waals surface area (Å²) in [6.45, 7) is 0. The van der Waals surface area contributed by atoms with E-state index >= 15 is 0 Å². The SMILES string of the molecule is NC1CCC(NC(=O)Cc2ccccc2NC(=O)c2cc3ccccc3s2)CC1. The molecule has 0 spiro atoms. The summed E-state index contributed by atoms with van der Waals surface area (Å²) >= 11 is 1.47. The Morgan fingerprint density at radius 3 is 2.52 bits per heavy atom. The Kier molecular flexibility index (Phi) is 5.92. The maximum absolute atomic E-state index is 12.8. The average molecular weight is 408 g/mol. The van der Waals surface area contributed by atoms with Crippen LogP contribution in [0.5, 0.6) is 0 Å². The summed E-state index contributed by atoms with van der Waals surface area (Å²) < 4.78 is 1.08. The number of fused-ring (bicyclic) bond motifs is 1. The zero-order valence-electron chi connectivity index (χ0n) is 16.2. The molecule has 29 heavy (non-hydrogen) atoms. The number of para-hydroxylation sites is 1. The molecule has 5 nitrogen and oxygen atoms in total. The minimum absolute atomic E-state index is 0.0194. The average Bonchev–Trinajstić information content (AvgIpc) is 3.16. The number of hydrogen-bond acceptors (Lipinski definition) is 4. The fourth-order valence-electron chi connectivity index (χ4n) is 3.79. The highest BCUT2D eigenvalue weighted by atomic mass is 32.1. The Morgan fingerprint density at radius 1 is 1.00 bits per heavy atom. The fourth-order valence-corrected chi connectivity index (χ4v) is 4.75. The number of anilines is 1. The predicted octanol–water partition coefficient (Wildman–Crippen LogP) is 4.08. The van der Waals surface area contributed by atoms with Crippen LogP contribution < -0.4 is 16.4 Å². The van der Waals surface area contributed by atoms with E-state index in [1.54, 1.807) is 0 Å². The largest absolute Gasteiger partial charge is 0.353 e. The van der Waals surface area contributed by atoms with Crippen LogP contribution >= 0.6 is 11.3 Å². The van der Waals surface area contributed by atoms with Crippen LogP contribution in [-0.2, 0) is 11.2 Å². The summed E-state index contributed by atoms with van der Waals surface area (Å²) in [5.74, 6) is -0.172. The van der Waals surface area contributed by atoms with Crippen LogP contribution in [0.3, 0.4) is 0 Å². The predicted molar refractivity (Wildman–Crippen MR) is 118 cm³/mol. The molecule has 1 aliphatic carbocycles. The van der Waals surface area contributed by atoms with Crippen molar-refractivity contribution in [2.75, 3.05) is 5.32 Å². The minimum atomic E-state index is -0.152. The molecule has 2 amide bonds. The van der Waals surface area contributed by atoms with Crippen LogP contribution in [0.2, 0.25) is 0 Å². The molecule has 6 heteroatoms. The quantitative estimate of drug-likeness (QED) is 0.596. The topological polar surface area (TPSA) is 84.2 Å². The molecule has 4 N–H and O–H groups in total. The Morgan fingerprint density at radius 2 is 1.72 bits per heavy atom. The number of amides is 2. The van der Waals surface area contributed by atoms with Gasteiger partial charge in [0.25, 0.3) is 5.91 Å². The monoisotopic (exact) mass is 407 g/mol. The second-order valence-electron chi connectivity index (χ2n) is 7.62. The van der Waals surface area contributed by atoms with Gasteiger partial charge in [0.1, 0.15) is 0 Å². The van der Waals surface area contributed by atoms with Gasteiger partial charge in [0.15, 0.2) is 0 Å². The van der Waals surface area contributed by atoms with Crippen molar-refractivity contribution in [2.24, 2.45) is 5.73 Å². The van der Waals surface area contributed by atoms with Crippen molar-refractivity contribution in [3.05, 3.63) is 65.0 Å². The molecule has 0 aliphatic heterocycles. The first-order chi connectivity index (χ1) is 14.1. The van der Waals surface area contributed by atoms with E-state index in [9.17, 15) is 9.59 Å². The van der Waals surface area contributed by atoms with E-state index in [1.807, 2.05) is 54.6 Å². The first-order valence-corrected chi connectivity index (χ1v) is 10.8. The van der Waals surface area contributed by atoms with Crippen molar-refractivity contribution in [3.63, 3.8) is 0 Å². The molecular weight excluding hydrogens is 382 g/mol. The van der Waals surface area contributed by atoms with E-state index in [0.29, 0.717) is 10.6 Å². The number of carbonyl (C=O) groups excluding carboxylic acids is 2. The van der Waals surface area contributed by atoms with Crippen molar-refractivity contribution in [2.45, 2.75) is 44.2 Å². The molecule has 2 aromatic carbocycles. The van der Waals surface area contributed by atoms with Crippen molar-refractivity contribution >= 4 is 38.9 Å². The second kappa shape index (κ2) is 8.76. The van der Waals surface area contributed by atoms with Gasteiger partial charge < -0.3 is 16.4 Å². The highest BCUT2D eigenvalue weighted by Gasteiger charge is 2.20. The molecule has 3 aromatic rings. The summed E-state index contributed by atoms with van der Waals surface area (Å²) in [7, 11) is 0. The Hall–Kier alpha value is -2.70. The molecule has 0 saturated heterocycles. The summed E-state index contributed by atoms with van der Waals surface area (Å²) in [6.07, 6.45) is 4.00. The van der Waals surface area contributed by atoms with Gasteiger partial charge in [-0.1, -0.05) is 36.4 Å². The third kappa shape index (κ3) is 4.83. The number of hydrogen-bond donors (Lipinski definition) is 3. The highest BCUT2D eigenvalue weighted by Crippen LogP contribution is 2.26. The van der Waals surface area contributed by atoms with E-state index in [4.69, 9.17) is 5.73 Å². The molecule has 0 radical (unpaired) electrons. The van der Waals surface area contributed by atoms with E-state index in [1.165, 1.54) is 11.3 Å². The van der Waals surface area contributed by atoms with Crippen LogP contribution in [0.25, 0.3) is 10.1 Å². The smallest absolute Gasteiger partial charge is 0.265 e. The summed E-state index contributed by atoms with van der Waals surface area (Å²) in [4.78, 5) is 25.9. The van der Waals surface area contributed by atoms with Crippen LogP contribution in [0.4, 0.5) is 5.69 Å². The van der Waals surface area contributed by atoms with E-state index in [0.717, 1.165) is 41.3 Å². The third-order valence-electron chi connectivity index (χ3n) is 5.40. The maximum atomic E-state index is 12.8. The van der Waals surface area contributed by atoms with Crippen LogP contribution in [0.1, 0.15) is 40.9 Å². The molecule has 1 aliphatic rings. The molecule has 1 aromatic heterocycles. The lowest BCUT2D eigenvalue weighted by atomic mass is 9.91. The number of benzene rings is 2. The zero-order chi connectivity index (χ0) is 20.2. The van der Waals surface area contributed by atoms with E-state index in [-0.39, 0.29) is 30.3 Å². The molecule has 0 atom stereocenters. The lowest BCUT2D eigenvalue weighted by Gasteiger charge is -2.26. The molecule has 150 valence electrons. The van der Waals surface area contributed by atoms with Gasteiger partial charge in [0.2, 0.25) is 5.91 Å². The van der Waals surface area contributed by atoms with Gasteiger partial charge in [0, 0.05) is 22.5 Å². The highest BCUT2D eigenvalue weighted by molar-refractivity contribution is 7.20. The lowest BCUT2D eigenvalue weighted by Crippen LogP contribution is -2.41. The van der Waals surface area contributed by atoms with Crippen molar-refractivity contribution in [3.8, 4) is 0 Å². The van der Waals surface area contributed by atoms with Gasteiger partial charge in [-0.15, -0.1) is 11.3 Å². The number of nitrogens with two attached hydrogens (primary N) is 1. The zero-order valence-corrected chi connectivity index (χ0v) is 17.0. The maximum Gasteiger partial charge on any atom is 0.265 e. The molecule has 0 bridgehead atoms. The third-order valence-corrected chi connectivity index (χ3v) is 6.52. The molecular formula is C23H25N3O2S. The Balaban J connectivity index is 1.42. The van der Waals surface area contributed by atoms with E-state index < -0.39 is 0 Å². The van der Waals surface area contributed by atoms with E-state index in [2.05, 4.69) is 10.6 Å². The van der Waals surface area contributed by atoms with Crippen molar-refractivity contribution < 1.29 is 9.59 Å². The van der Waals surface area contributed by atoms with Gasteiger partial charge in [0.05, 0.1) is 11.3 Å². The number of carbonyl (C=O) groups is 2. The first kappa shape index (κ1) is 19.6. The van der Waals surface area contributed by atoms with Gasteiger partial charge in [-0.25, -0.2) is 0 Å².